The zero-order valence-corrected chi connectivity index (χ0v) is 14.7. The Morgan fingerprint density at radius 3 is 2.77 bits per heavy atom. The van der Waals surface area contributed by atoms with E-state index in [0.29, 0.717) is 9.49 Å². The first-order valence-corrected chi connectivity index (χ1v) is 8.58. The van der Waals surface area contributed by atoms with Gasteiger partial charge in [0.25, 0.3) is 11.2 Å². The van der Waals surface area contributed by atoms with E-state index in [1.165, 1.54) is 35.6 Å². The zero-order chi connectivity index (χ0) is 18.6. The van der Waals surface area contributed by atoms with E-state index in [-0.39, 0.29) is 22.6 Å². The molecule has 7 nitrogen and oxygen atoms in total. The predicted molar refractivity (Wildman–Crippen MR) is 99.9 cm³/mol. The van der Waals surface area contributed by atoms with Crippen molar-refractivity contribution in [2.24, 2.45) is 0 Å². The fourth-order valence-corrected chi connectivity index (χ4v) is 3.99. The second-order valence-corrected chi connectivity index (χ2v) is 7.10. The lowest BCUT2D eigenvalue weighted by atomic mass is 10.1. The molecule has 0 atom stereocenters. The van der Waals surface area contributed by atoms with Gasteiger partial charge in [0.2, 0.25) is 0 Å². The first-order chi connectivity index (χ1) is 12.3. The summed E-state index contributed by atoms with van der Waals surface area (Å²) < 4.78 is 1.89. The topological polar surface area (TPSA) is 97.7 Å². The molecule has 2 aromatic carbocycles. The van der Waals surface area contributed by atoms with Crippen LogP contribution in [0.1, 0.15) is 16.7 Å². The van der Waals surface area contributed by atoms with Crippen molar-refractivity contribution in [2.75, 3.05) is 0 Å². The highest BCUT2D eigenvalue weighted by Gasteiger charge is 2.14. The number of nitrogens with zero attached hydrogens (tertiary/aromatic N) is 3. The summed E-state index contributed by atoms with van der Waals surface area (Å²) in [4.78, 5) is 28.3. The van der Waals surface area contributed by atoms with E-state index >= 15 is 0 Å². The SMILES string of the molecule is Cc1cc(C)c2nc3s/c(=C\c4cc([N+](=O)[O-])ccc4O)c(=O)n3c2c1. The van der Waals surface area contributed by atoms with Gasteiger partial charge in [-0.05, 0) is 43.2 Å². The molecule has 0 spiro atoms. The molecular formula is C18H13N3O4S. The number of benzene rings is 2. The van der Waals surface area contributed by atoms with Crippen molar-refractivity contribution in [1.82, 2.24) is 9.38 Å². The molecule has 26 heavy (non-hydrogen) atoms. The van der Waals surface area contributed by atoms with Gasteiger partial charge in [-0.1, -0.05) is 17.4 Å². The highest BCUT2D eigenvalue weighted by molar-refractivity contribution is 7.15. The molecule has 0 aliphatic rings. The smallest absolute Gasteiger partial charge is 0.274 e. The predicted octanol–water partition coefficient (Wildman–Crippen LogP) is 2.69. The number of thiazole rings is 1. The number of aromatic hydroxyl groups is 1. The quantitative estimate of drug-likeness (QED) is 0.434. The number of aryl methyl sites for hydroxylation is 2. The first kappa shape index (κ1) is 16.2. The van der Waals surface area contributed by atoms with E-state index in [9.17, 15) is 20.0 Å². The van der Waals surface area contributed by atoms with E-state index in [0.717, 1.165) is 22.2 Å². The average Bonchev–Trinajstić information content (AvgIpc) is 3.07. The fourth-order valence-electron chi connectivity index (χ4n) is 3.02. The minimum absolute atomic E-state index is 0.127. The fraction of sp³-hybridized carbons (Fsp3) is 0.111. The van der Waals surface area contributed by atoms with Crippen molar-refractivity contribution in [1.29, 1.82) is 0 Å². The largest absolute Gasteiger partial charge is 0.507 e. The highest BCUT2D eigenvalue weighted by Crippen LogP contribution is 2.24. The molecule has 2 heterocycles. The van der Waals surface area contributed by atoms with E-state index in [1.807, 2.05) is 26.0 Å². The molecule has 0 aliphatic carbocycles. The number of hydrogen-bond donors (Lipinski definition) is 1. The van der Waals surface area contributed by atoms with Crippen LogP contribution in [-0.4, -0.2) is 19.4 Å². The molecule has 0 aliphatic heterocycles. The Kier molecular flexibility index (Phi) is 3.52. The number of aromatic nitrogens is 2. The summed E-state index contributed by atoms with van der Waals surface area (Å²) in [5, 5.41) is 20.9. The summed E-state index contributed by atoms with van der Waals surface area (Å²) in [5.41, 5.74) is 3.35. The number of phenols is 1. The van der Waals surface area contributed by atoms with Gasteiger partial charge in [-0.3, -0.25) is 14.9 Å². The zero-order valence-electron chi connectivity index (χ0n) is 13.9. The van der Waals surface area contributed by atoms with E-state index < -0.39 is 4.92 Å². The van der Waals surface area contributed by atoms with Crippen molar-refractivity contribution in [3.8, 4) is 5.75 Å². The third-order valence-electron chi connectivity index (χ3n) is 4.19. The van der Waals surface area contributed by atoms with Crippen LogP contribution in [-0.2, 0) is 0 Å². The van der Waals surface area contributed by atoms with Crippen LogP contribution in [0.4, 0.5) is 5.69 Å². The third kappa shape index (κ3) is 2.42. The van der Waals surface area contributed by atoms with Crippen molar-refractivity contribution in [2.45, 2.75) is 13.8 Å². The van der Waals surface area contributed by atoms with Gasteiger partial charge >= 0.3 is 0 Å². The molecule has 1 N–H and O–H groups in total. The van der Waals surface area contributed by atoms with E-state index in [4.69, 9.17) is 0 Å². The Bertz CT molecular complexity index is 1320. The molecule has 0 fully saturated rings. The van der Waals surface area contributed by atoms with Crippen molar-refractivity contribution >= 4 is 39.1 Å². The van der Waals surface area contributed by atoms with Gasteiger partial charge in [-0.25, -0.2) is 9.38 Å². The Labute approximate surface area is 150 Å². The standard InChI is InChI=1S/C18H13N3O4S/c1-9-5-10(2)16-13(6-9)20-17(23)15(26-18(20)19-16)8-11-7-12(21(24)25)3-4-14(11)22/h3-8,22H,1-2H3/b15-8-. The van der Waals surface area contributed by atoms with Gasteiger partial charge in [0, 0.05) is 17.7 Å². The molecule has 0 radical (unpaired) electrons. The summed E-state index contributed by atoms with van der Waals surface area (Å²) in [6.45, 7) is 3.90. The summed E-state index contributed by atoms with van der Waals surface area (Å²) in [6.07, 6.45) is 1.46. The molecule has 4 aromatic rings. The second kappa shape index (κ2) is 5.63. The van der Waals surface area contributed by atoms with Crippen LogP contribution in [0.15, 0.2) is 35.1 Å². The van der Waals surface area contributed by atoms with Crippen LogP contribution in [0.3, 0.4) is 0 Å². The molecule has 8 heteroatoms. The van der Waals surface area contributed by atoms with Crippen LogP contribution in [0.25, 0.3) is 22.1 Å². The average molecular weight is 367 g/mol. The maximum Gasteiger partial charge on any atom is 0.274 e. The third-order valence-corrected chi connectivity index (χ3v) is 5.16. The summed E-state index contributed by atoms with van der Waals surface area (Å²) in [7, 11) is 0. The van der Waals surface area contributed by atoms with Gasteiger partial charge < -0.3 is 5.11 Å². The van der Waals surface area contributed by atoms with Crippen LogP contribution in [0.2, 0.25) is 0 Å². The maximum atomic E-state index is 12.8. The number of fused-ring (bicyclic) bond motifs is 3. The Morgan fingerprint density at radius 2 is 2.04 bits per heavy atom. The number of rotatable bonds is 2. The molecule has 130 valence electrons. The lowest BCUT2D eigenvalue weighted by molar-refractivity contribution is -0.384. The number of nitro groups is 1. The minimum Gasteiger partial charge on any atom is -0.507 e. The molecule has 0 bridgehead atoms. The molecule has 0 saturated heterocycles. The Morgan fingerprint density at radius 1 is 1.27 bits per heavy atom. The lowest BCUT2D eigenvalue weighted by Gasteiger charge is -1.98. The van der Waals surface area contributed by atoms with E-state index in [1.54, 1.807) is 4.40 Å². The van der Waals surface area contributed by atoms with Gasteiger partial charge in [0.1, 0.15) is 5.75 Å². The molecule has 0 saturated carbocycles. The van der Waals surface area contributed by atoms with E-state index in [2.05, 4.69) is 4.98 Å². The van der Waals surface area contributed by atoms with Gasteiger partial charge in [-0.15, -0.1) is 0 Å². The molecule has 0 unspecified atom stereocenters. The van der Waals surface area contributed by atoms with Crippen molar-refractivity contribution in [3.63, 3.8) is 0 Å². The Hall–Kier alpha value is -3.26. The molecule has 4 rings (SSSR count). The minimum atomic E-state index is -0.546. The van der Waals surface area contributed by atoms with Crippen molar-refractivity contribution in [3.05, 3.63) is 72.0 Å². The summed E-state index contributed by atoms with van der Waals surface area (Å²) in [6, 6.07) is 7.62. The highest BCUT2D eigenvalue weighted by atomic mass is 32.1. The molecule has 0 amide bonds. The van der Waals surface area contributed by atoms with Crippen LogP contribution < -0.4 is 10.1 Å². The van der Waals surface area contributed by atoms with Gasteiger partial charge in [0.15, 0.2) is 4.96 Å². The second-order valence-electron chi connectivity index (χ2n) is 6.10. The Balaban J connectivity index is 2.01. The number of hydrogen-bond acceptors (Lipinski definition) is 6. The van der Waals surface area contributed by atoms with Crippen LogP contribution in [0, 0.1) is 24.0 Å². The summed E-state index contributed by atoms with van der Waals surface area (Å²) >= 11 is 1.18. The summed E-state index contributed by atoms with van der Waals surface area (Å²) in [5.74, 6) is -0.127. The molecule has 2 aromatic heterocycles. The number of imidazole rings is 1. The monoisotopic (exact) mass is 367 g/mol. The first-order valence-electron chi connectivity index (χ1n) is 7.76. The van der Waals surface area contributed by atoms with Crippen LogP contribution >= 0.6 is 11.3 Å². The van der Waals surface area contributed by atoms with Gasteiger partial charge in [-0.2, -0.15) is 0 Å². The van der Waals surface area contributed by atoms with Gasteiger partial charge in [0.05, 0.1) is 20.5 Å². The number of non-ortho nitro benzene ring substituents is 1. The maximum absolute atomic E-state index is 12.8. The van der Waals surface area contributed by atoms with Crippen LogP contribution in [0.5, 0.6) is 5.75 Å². The lowest BCUT2D eigenvalue weighted by Crippen LogP contribution is -2.22. The number of phenolic OH excluding ortho intramolecular Hbond substituents is 1. The normalized spacial score (nSPS) is 12.3. The number of nitro benzene ring substituents is 1. The molecular weight excluding hydrogens is 354 g/mol. The van der Waals surface area contributed by atoms with Crippen molar-refractivity contribution < 1.29 is 10.0 Å².